The molecule has 0 unspecified atom stereocenters. The van der Waals surface area contributed by atoms with Crippen molar-refractivity contribution in [2.45, 2.75) is 12.8 Å². The second-order valence-corrected chi connectivity index (χ2v) is 6.61. The quantitative estimate of drug-likeness (QED) is 0.607. The Bertz CT molecular complexity index is 933. The van der Waals surface area contributed by atoms with Crippen LogP contribution in [0.2, 0.25) is 10.0 Å². The van der Waals surface area contributed by atoms with Gasteiger partial charge in [-0.25, -0.2) is 0 Å². The highest BCUT2D eigenvalue weighted by molar-refractivity contribution is 6.35. The average molecular weight is 390 g/mol. The molecule has 26 heavy (non-hydrogen) atoms. The molecule has 0 aliphatic heterocycles. The van der Waals surface area contributed by atoms with Crippen LogP contribution in [0.15, 0.2) is 54.6 Å². The van der Waals surface area contributed by atoms with Gasteiger partial charge in [-0.2, -0.15) is 0 Å². The number of ether oxygens (including phenoxy) is 1. The molecule has 0 radical (unpaired) electrons. The van der Waals surface area contributed by atoms with Crippen molar-refractivity contribution in [3.63, 3.8) is 0 Å². The average Bonchev–Trinajstić information content (AvgIpc) is 3.03. The summed E-state index contributed by atoms with van der Waals surface area (Å²) in [6, 6.07) is 16.8. The SMILES string of the molecule is COc1ccc(-c2ccc(CCC(=O)O)n2-c2ccc(Cl)cc2Cl)cc1. The number of benzene rings is 2. The maximum absolute atomic E-state index is 11.0. The summed E-state index contributed by atoms with van der Waals surface area (Å²) >= 11 is 12.4. The molecule has 0 saturated carbocycles. The number of carboxylic acid groups (broad SMARTS) is 1. The van der Waals surface area contributed by atoms with Crippen molar-refractivity contribution in [1.29, 1.82) is 0 Å². The van der Waals surface area contributed by atoms with Crippen LogP contribution in [0.4, 0.5) is 0 Å². The van der Waals surface area contributed by atoms with Crippen LogP contribution in [0, 0.1) is 0 Å². The second-order valence-electron chi connectivity index (χ2n) is 5.76. The van der Waals surface area contributed by atoms with Crippen LogP contribution in [0.5, 0.6) is 5.75 Å². The Morgan fingerprint density at radius 3 is 2.42 bits per heavy atom. The molecular formula is C20H17Cl2NO3. The lowest BCUT2D eigenvalue weighted by molar-refractivity contribution is -0.136. The number of carboxylic acids is 1. The van der Waals surface area contributed by atoms with Gasteiger partial charge < -0.3 is 14.4 Å². The topological polar surface area (TPSA) is 51.5 Å². The number of aryl methyl sites for hydroxylation is 1. The van der Waals surface area contributed by atoms with Gasteiger partial charge in [-0.05, 0) is 66.6 Å². The largest absolute Gasteiger partial charge is 0.497 e. The Morgan fingerprint density at radius 1 is 1.08 bits per heavy atom. The van der Waals surface area contributed by atoms with Crippen molar-refractivity contribution in [3.05, 3.63) is 70.3 Å². The molecule has 0 spiro atoms. The third-order valence-corrected chi connectivity index (χ3v) is 4.63. The molecule has 3 aromatic rings. The molecule has 0 atom stereocenters. The van der Waals surface area contributed by atoms with Crippen molar-refractivity contribution >= 4 is 29.2 Å². The fourth-order valence-electron chi connectivity index (χ4n) is 2.84. The summed E-state index contributed by atoms with van der Waals surface area (Å²) in [7, 11) is 1.62. The van der Waals surface area contributed by atoms with Crippen LogP contribution in [0.25, 0.3) is 16.9 Å². The lowest BCUT2D eigenvalue weighted by Gasteiger charge is -2.16. The molecule has 4 nitrogen and oxygen atoms in total. The molecule has 0 aliphatic rings. The minimum atomic E-state index is -0.842. The maximum atomic E-state index is 11.0. The first kappa shape index (κ1) is 18.4. The number of carbonyl (C=O) groups is 1. The minimum absolute atomic E-state index is 0.0390. The molecule has 2 aromatic carbocycles. The zero-order valence-corrected chi connectivity index (χ0v) is 15.6. The summed E-state index contributed by atoms with van der Waals surface area (Å²) in [6.45, 7) is 0. The first-order valence-corrected chi connectivity index (χ1v) is 8.77. The number of hydrogen-bond acceptors (Lipinski definition) is 2. The first-order chi connectivity index (χ1) is 12.5. The molecule has 1 heterocycles. The summed E-state index contributed by atoms with van der Waals surface area (Å²) in [6.07, 6.45) is 0.432. The van der Waals surface area contributed by atoms with E-state index in [1.807, 2.05) is 47.0 Å². The van der Waals surface area contributed by atoms with Gasteiger partial charge in [0.15, 0.2) is 0 Å². The van der Waals surface area contributed by atoms with E-state index in [9.17, 15) is 4.79 Å². The standard InChI is InChI=1S/C20H17Cl2NO3/c1-26-16-7-2-13(3-8-16)18-10-5-15(6-11-20(24)25)23(18)19-9-4-14(21)12-17(19)22/h2-5,7-10,12H,6,11H2,1H3,(H,24,25). The van der Waals surface area contributed by atoms with E-state index in [1.165, 1.54) is 0 Å². The van der Waals surface area contributed by atoms with Crippen molar-refractivity contribution in [3.8, 4) is 22.7 Å². The Balaban J connectivity index is 2.13. The van der Waals surface area contributed by atoms with E-state index in [2.05, 4.69) is 0 Å². The van der Waals surface area contributed by atoms with Crippen LogP contribution in [-0.2, 0) is 11.2 Å². The molecule has 0 saturated heterocycles. The van der Waals surface area contributed by atoms with E-state index in [1.54, 1.807) is 19.2 Å². The van der Waals surface area contributed by atoms with Gasteiger partial charge in [-0.3, -0.25) is 4.79 Å². The van der Waals surface area contributed by atoms with E-state index in [-0.39, 0.29) is 6.42 Å². The molecule has 0 fully saturated rings. The van der Waals surface area contributed by atoms with Crippen LogP contribution < -0.4 is 4.74 Å². The second kappa shape index (κ2) is 7.85. The van der Waals surface area contributed by atoms with Gasteiger partial charge in [0.05, 0.1) is 29.9 Å². The summed E-state index contributed by atoms with van der Waals surface area (Å²) in [4.78, 5) is 11.0. The highest BCUT2D eigenvalue weighted by atomic mass is 35.5. The van der Waals surface area contributed by atoms with Gasteiger partial charge >= 0.3 is 5.97 Å². The van der Waals surface area contributed by atoms with Crippen LogP contribution >= 0.6 is 23.2 Å². The summed E-state index contributed by atoms with van der Waals surface area (Å²) < 4.78 is 7.19. The van der Waals surface area contributed by atoms with E-state index >= 15 is 0 Å². The monoisotopic (exact) mass is 389 g/mol. The highest BCUT2D eigenvalue weighted by Crippen LogP contribution is 2.33. The summed E-state index contributed by atoms with van der Waals surface area (Å²) in [5.41, 5.74) is 3.50. The number of hydrogen-bond donors (Lipinski definition) is 1. The zero-order chi connectivity index (χ0) is 18.7. The molecule has 3 rings (SSSR count). The number of nitrogens with zero attached hydrogens (tertiary/aromatic N) is 1. The van der Waals surface area contributed by atoms with Crippen molar-refractivity contribution in [2.75, 3.05) is 7.11 Å². The Labute approximate surface area is 161 Å². The summed E-state index contributed by atoms with van der Waals surface area (Å²) in [5.74, 6) is -0.0755. The highest BCUT2D eigenvalue weighted by Gasteiger charge is 2.15. The number of aromatic nitrogens is 1. The molecular weight excluding hydrogens is 373 g/mol. The third kappa shape index (κ3) is 3.87. The number of methoxy groups -OCH3 is 1. The number of halogens is 2. The van der Waals surface area contributed by atoms with Crippen LogP contribution in [0.1, 0.15) is 12.1 Å². The molecule has 0 bridgehead atoms. The molecule has 0 aliphatic carbocycles. The molecule has 134 valence electrons. The Kier molecular flexibility index (Phi) is 5.55. The van der Waals surface area contributed by atoms with Gasteiger partial charge in [-0.1, -0.05) is 23.2 Å². The fraction of sp³-hybridized carbons (Fsp3) is 0.150. The normalized spacial score (nSPS) is 10.7. The van der Waals surface area contributed by atoms with Crippen molar-refractivity contribution in [1.82, 2.24) is 4.57 Å². The first-order valence-electron chi connectivity index (χ1n) is 8.02. The van der Waals surface area contributed by atoms with Gasteiger partial charge in [0.1, 0.15) is 5.75 Å². The van der Waals surface area contributed by atoms with Crippen LogP contribution in [0.3, 0.4) is 0 Å². The van der Waals surface area contributed by atoms with Crippen LogP contribution in [-0.4, -0.2) is 22.8 Å². The lowest BCUT2D eigenvalue weighted by atomic mass is 10.1. The van der Waals surface area contributed by atoms with E-state index < -0.39 is 5.97 Å². The smallest absolute Gasteiger partial charge is 0.303 e. The van der Waals surface area contributed by atoms with Gasteiger partial charge in [0, 0.05) is 10.7 Å². The fourth-order valence-corrected chi connectivity index (χ4v) is 3.34. The van der Waals surface area contributed by atoms with Crippen molar-refractivity contribution < 1.29 is 14.6 Å². The number of aliphatic carboxylic acids is 1. The molecule has 6 heteroatoms. The molecule has 1 aromatic heterocycles. The van der Waals surface area contributed by atoms with E-state index in [0.29, 0.717) is 16.5 Å². The van der Waals surface area contributed by atoms with E-state index in [4.69, 9.17) is 33.0 Å². The Hall–Kier alpha value is -2.43. The zero-order valence-electron chi connectivity index (χ0n) is 14.1. The Morgan fingerprint density at radius 2 is 1.81 bits per heavy atom. The minimum Gasteiger partial charge on any atom is -0.497 e. The van der Waals surface area contributed by atoms with Gasteiger partial charge in [0.2, 0.25) is 0 Å². The number of rotatable bonds is 6. The van der Waals surface area contributed by atoms with Crippen molar-refractivity contribution in [2.24, 2.45) is 0 Å². The summed E-state index contributed by atoms with van der Waals surface area (Å²) in [5, 5.41) is 10.1. The predicted octanol–water partition coefficient (Wildman–Crippen LogP) is 5.48. The maximum Gasteiger partial charge on any atom is 0.303 e. The van der Waals surface area contributed by atoms with Gasteiger partial charge in [0.25, 0.3) is 0 Å². The predicted molar refractivity (Wildman–Crippen MR) is 104 cm³/mol. The third-order valence-electron chi connectivity index (χ3n) is 4.09. The van der Waals surface area contributed by atoms with E-state index in [0.717, 1.165) is 28.4 Å². The lowest BCUT2D eigenvalue weighted by Crippen LogP contribution is -2.06. The molecule has 1 N–H and O–H groups in total. The van der Waals surface area contributed by atoms with Gasteiger partial charge in [-0.15, -0.1) is 0 Å². The molecule has 0 amide bonds.